The maximum atomic E-state index is 12.3. The summed E-state index contributed by atoms with van der Waals surface area (Å²) in [5.41, 5.74) is 1.05. The number of aromatic amines is 1. The van der Waals surface area contributed by atoms with Crippen LogP contribution in [0.3, 0.4) is 0 Å². The minimum absolute atomic E-state index is 0.0191. The molecule has 3 heterocycles. The molecule has 1 atom stereocenters. The maximum Gasteiger partial charge on any atom is 0.224 e. The molecular formula is C17H26N4O3. The molecular weight excluding hydrogens is 308 g/mol. The van der Waals surface area contributed by atoms with Gasteiger partial charge in [-0.05, 0) is 19.3 Å². The minimum atomic E-state index is -0.100. The number of nitrogens with one attached hydrogen (secondary N) is 1. The van der Waals surface area contributed by atoms with Gasteiger partial charge in [-0.2, -0.15) is 0 Å². The molecule has 1 aromatic heterocycles. The second kappa shape index (κ2) is 7.34. The van der Waals surface area contributed by atoms with Crippen LogP contribution in [0.15, 0.2) is 12.5 Å². The Morgan fingerprint density at radius 1 is 1.38 bits per heavy atom. The number of amides is 2. The van der Waals surface area contributed by atoms with Gasteiger partial charge in [-0.1, -0.05) is 0 Å². The number of aromatic nitrogens is 2. The van der Waals surface area contributed by atoms with Crippen molar-refractivity contribution in [2.24, 2.45) is 5.41 Å². The first kappa shape index (κ1) is 17.0. The molecule has 0 radical (unpaired) electrons. The smallest absolute Gasteiger partial charge is 0.224 e. The Hall–Kier alpha value is -1.89. The normalized spacial score (nSPS) is 24.6. The molecule has 1 spiro atoms. The molecule has 2 N–H and O–H groups in total. The number of likely N-dealkylation sites (tertiary alicyclic amines) is 2. The third kappa shape index (κ3) is 3.77. The zero-order valence-electron chi connectivity index (χ0n) is 14.0. The predicted octanol–water partition coefficient (Wildman–Crippen LogP) is 0.566. The Morgan fingerprint density at radius 2 is 2.25 bits per heavy atom. The van der Waals surface area contributed by atoms with Crippen LogP contribution in [0.4, 0.5) is 0 Å². The number of carbonyl (C=O) groups excluding carboxylic acids is 2. The quantitative estimate of drug-likeness (QED) is 0.824. The number of hydrogen-bond acceptors (Lipinski definition) is 4. The van der Waals surface area contributed by atoms with Crippen LogP contribution in [0, 0.1) is 5.41 Å². The number of imidazole rings is 1. The Kier molecular flexibility index (Phi) is 5.18. The van der Waals surface area contributed by atoms with Crippen molar-refractivity contribution in [3.63, 3.8) is 0 Å². The van der Waals surface area contributed by atoms with Crippen LogP contribution < -0.4 is 0 Å². The Morgan fingerprint density at radius 3 is 3.00 bits per heavy atom. The highest BCUT2D eigenvalue weighted by Gasteiger charge is 2.42. The molecule has 3 rings (SSSR count). The van der Waals surface area contributed by atoms with Crippen molar-refractivity contribution >= 4 is 11.8 Å². The Bertz CT molecular complexity index is 574. The number of rotatable bonds is 5. The van der Waals surface area contributed by atoms with E-state index in [-0.39, 0.29) is 30.3 Å². The number of piperidine rings is 2. The van der Waals surface area contributed by atoms with Crippen molar-refractivity contribution < 1.29 is 14.7 Å². The molecule has 2 saturated heterocycles. The van der Waals surface area contributed by atoms with Crippen molar-refractivity contribution in [1.29, 1.82) is 0 Å². The first-order valence-corrected chi connectivity index (χ1v) is 8.76. The lowest BCUT2D eigenvalue weighted by Crippen LogP contribution is -2.55. The van der Waals surface area contributed by atoms with E-state index in [1.165, 1.54) is 0 Å². The van der Waals surface area contributed by atoms with Gasteiger partial charge < -0.3 is 19.9 Å². The van der Waals surface area contributed by atoms with Crippen LogP contribution in [-0.4, -0.2) is 69.5 Å². The molecule has 7 heteroatoms. The fourth-order valence-corrected chi connectivity index (χ4v) is 3.99. The summed E-state index contributed by atoms with van der Waals surface area (Å²) in [5, 5.41) is 9.00. The van der Waals surface area contributed by atoms with E-state index in [0.717, 1.165) is 44.5 Å². The summed E-state index contributed by atoms with van der Waals surface area (Å²) in [5.74, 6) is 0.233. The molecule has 2 aliphatic rings. The van der Waals surface area contributed by atoms with Gasteiger partial charge in [0.25, 0.3) is 0 Å². The molecule has 7 nitrogen and oxygen atoms in total. The van der Waals surface area contributed by atoms with Gasteiger partial charge in [0, 0.05) is 62.7 Å². The van der Waals surface area contributed by atoms with Gasteiger partial charge in [0.2, 0.25) is 11.8 Å². The molecule has 2 aliphatic heterocycles. The third-order valence-electron chi connectivity index (χ3n) is 5.29. The maximum absolute atomic E-state index is 12.3. The zero-order chi connectivity index (χ0) is 17.0. The molecule has 0 aromatic carbocycles. The number of hydrogen-bond donors (Lipinski definition) is 2. The van der Waals surface area contributed by atoms with Crippen LogP contribution in [0.25, 0.3) is 0 Å². The van der Waals surface area contributed by atoms with E-state index < -0.39 is 0 Å². The van der Waals surface area contributed by atoms with Gasteiger partial charge in [0.1, 0.15) is 0 Å². The summed E-state index contributed by atoms with van der Waals surface area (Å²) in [6, 6.07) is 0. The van der Waals surface area contributed by atoms with Gasteiger partial charge in [0.15, 0.2) is 0 Å². The highest BCUT2D eigenvalue weighted by atomic mass is 16.3. The standard InChI is InChI=1S/C17H26N4O3/c22-9-4-16(24)20-7-1-5-17(11-20)6-2-15(23)21(12-17)8-3-14-10-18-13-19-14/h10,13,22H,1-9,11-12H2,(H,18,19). The zero-order valence-corrected chi connectivity index (χ0v) is 14.0. The van der Waals surface area contributed by atoms with Gasteiger partial charge >= 0.3 is 0 Å². The van der Waals surface area contributed by atoms with Gasteiger partial charge in [0.05, 0.1) is 12.9 Å². The predicted molar refractivity (Wildman–Crippen MR) is 88.1 cm³/mol. The van der Waals surface area contributed by atoms with Crippen molar-refractivity contribution in [3.8, 4) is 0 Å². The molecule has 1 aromatic rings. The summed E-state index contributed by atoms with van der Waals surface area (Å²) >= 11 is 0. The number of H-pyrrole nitrogens is 1. The van der Waals surface area contributed by atoms with Crippen molar-refractivity contribution in [3.05, 3.63) is 18.2 Å². The molecule has 0 saturated carbocycles. The lowest BCUT2D eigenvalue weighted by Gasteiger charge is -2.48. The molecule has 132 valence electrons. The van der Waals surface area contributed by atoms with E-state index in [0.29, 0.717) is 19.5 Å². The summed E-state index contributed by atoms with van der Waals surface area (Å²) < 4.78 is 0. The summed E-state index contributed by atoms with van der Waals surface area (Å²) in [6.07, 6.45) is 7.86. The summed E-state index contributed by atoms with van der Waals surface area (Å²) in [4.78, 5) is 35.3. The van der Waals surface area contributed by atoms with Crippen LogP contribution in [0.5, 0.6) is 0 Å². The largest absolute Gasteiger partial charge is 0.396 e. The van der Waals surface area contributed by atoms with Crippen LogP contribution in [0.2, 0.25) is 0 Å². The first-order valence-electron chi connectivity index (χ1n) is 8.76. The molecule has 0 aliphatic carbocycles. The minimum Gasteiger partial charge on any atom is -0.396 e. The fraction of sp³-hybridized carbons (Fsp3) is 0.706. The third-order valence-corrected chi connectivity index (χ3v) is 5.29. The highest BCUT2D eigenvalue weighted by molar-refractivity contribution is 5.78. The van der Waals surface area contributed by atoms with E-state index in [4.69, 9.17) is 5.11 Å². The monoisotopic (exact) mass is 334 g/mol. The number of aliphatic hydroxyl groups excluding tert-OH is 1. The van der Waals surface area contributed by atoms with Gasteiger partial charge in [-0.15, -0.1) is 0 Å². The van der Waals surface area contributed by atoms with Crippen LogP contribution >= 0.6 is 0 Å². The number of aliphatic hydroxyl groups is 1. The number of carbonyl (C=O) groups is 2. The van der Waals surface area contributed by atoms with Crippen molar-refractivity contribution in [2.75, 3.05) is 32.8 Å². The highest BCUT2D eigenvalue weighted by Crippen LogP contribution is 2.39. The van der Waals surface area contributed by atoms with Crippen LogP contribution in [-0.2, 0) is 16.0 Å². The van der Waals surface area contributed by atoms with E-state index in [9.17, 15) is 9.59 Å². The van der Waals surface area contributed by atoms with Crippen LogP contribution in [0.1, 0.15) is 37.8 Å². The lowest BCUT2D eigenvalue weighted by molar-refractivity contribution is -0.143. The Balaban J connectivity index is 1.62. The van der Waals surface area contributed by atoms with E-state index >= 15 is 0 Å². The molecule has 2 fully saturated rings. The SMILES string of the molecule is O=C(CCO)N1CCCC2(CCC(=O)N(CCc3cnc[nH]3)C2)C1. The van der Waals surface area contributed by atoms with Gasteiger partial charge in [-0.25, -0.2) is 4.98 Å². The first-order chi connectivity index (χ1) is 11.6. The molecule has 0 bridgehead atoms. The second-order valence-corrected chi connectivity index (χ2v) is 7.03. The van der Waals surface area contributed by atoms with Crippen molar-refractivity contribution in [1.82, 2.24) is 19.8 Å². The van der Waals surface area contributed by atoms with E-state index in [2.05, 4.69) is 9.97 Å². The van der Waals surface area contributed by atoms with Crippen molar-refractivity contribution in [2.45, 2.75) is 38.5 Å². The topological polar surface area (TPSA) is 89.5 Å². The summed E-state index contributed by atoms with van der Waals surface area (Å²) in [6.45, 7) is 2.79. The molecule has 24 heavy (non-hydrogen) atoms. The second-order valence-electron chi connectivity index (χ2n) is 7.03. The fourth-order valence-electron chi connectivity index (χ4n) is 3.99. The lowest BCUT2D eigenvalue weighted by atomic mass is 9.73. The molecule has 1 unspecified atom stereocenters. The number of nitrogens with zero attached hydrogens (tertiary/aromatic N) is 3. The summed E-state index contributed by atoms with van der Waals surface area (Å²) in [7, 11) is 0. The average Bonchev–Trinajstić information content (AvgIpc) is 3.10. The molecule has 2 amide bonds. The van der Waals surface area contributed by atoms with E-state index in [1.807, 2.05) is 9.80 Å². The average molecular weight is 334 g/mol. The van der Waals surface area contributed by atoms with E-state index in [1.54, 1.807) is 12.5 Å². The van der Waals surface area contributed by atoms with Gasteiger partial charge in [-0.3, -0.25) is 9.59 Å². The Labute approximate surface area is 142 Å².